The molecular weight excluding hydrogens is 1420 g/mol. The number of carbonyl (C=O) groups is 7. The summed E-state index contributed by atoms with van der Waals surface area (Å²) in [5, 5.41) is 40.1. The van der Waals surface area contributed by atoms with Gasteiger partial charge in [-0.2, -0.15) is 0 Å². The number of ether oxygens (including phenoxy) is 11. The van der Waals surface area contributed by atoms with Gasteiger partial charge < -0.3 is 91.8 Å². The summed E-state index contributed by atoms with van der Waals surface area (Å²) in [5.41, 5.74) is 4.28. The van der Waals surface area contributed by atoms with E-state index in [1.54, 1.807) is 48.5 Å². The Labute approximate surface area is 652 Å². The number of aryl methyl sites for hydroxylation is 3. The lowest BCUT2D eigenvalue weighted by Crippen LogP contribution is -2.46. The molecule has 0 amide bonds. The van der Waals surface area contributed by atoms with Gasteiger partial charge in [-0.15, -0.1) is 0 Å². The van der Waals surface area contributed by atoms with Gasteiger partial charge in [0, 0.05) is 81.4 Å². The van der Waals surface area contributed by atoms with Gasteiger partial charge in [0.15, 0.2) is 0 Å². The molecule has 0 radical (unpaired) electrons. The Morgan fingerprint density at radius 3 is 1.24 bits per heavy atom. The Balaban J connectivity index is -0.000000124. The van der Waals surface area contributed by atoms with Crippen LogP contribution in [0.4, 0.5) is 0 Å². The van der Waals surface area contributed by atoms with Crippen molar-refractivity contribution in [1.29, 1.82) is 0 Å². The highest BCUT2D eigenvalue weighted by molar-refractivity contribution is 5.74. The molecule has 0 bridgehead atoms. The zero-order chi connectivity index (χ0) is 86.6. The van der Waals surface area contributed by atoms with Crippen LogP contribution in [0.3, 0.4) is 0 Å². The first-order valence-corrected chi connectivity index (χ1v) is 36.0. The minimum atomic E-state index is -0.521. The molecule has 0 aromatic carbocycles. The zero-order valence-corrected chi connectivity index (χ0v) is 71.3. The van der Waals surface area contributed by atoms with Gasteiger partial charge in [0.1, 0.15) is 40.5 Å². The normalized spacial score (nSPS) is 20.2. The third-order valence-corrected chi connectivity index (χ3v) is 15.9. The fraction of sp³-hybridized carbons (Fsp3) is 0.675. The third kappa shape index (κ3) is 68.1. The fourth-order valence-electron chi connectivity index (χ4n) is 10.2. The maximum Gasteiger partial charge on any atom is 0.346 e. The van der Waals surface area contributed by atoms with Crippen molar-refractivity contribution in [2.45, 2.75) is 217 Å². The molecule has 1 saturated heterocycles. The van der Waals surface area contributed by atoms with Crippen LogP contribution in [0.2, 0.25) is 0 Å². The SMILES string of the molecule is CC.CC.CC1=C(C=O)CCCC1C.CC1CCCNC1.CO.CO.CO.CO.COC1CCC(C)CC1OC.COC1CCC(C)CC1OC.COC=O.COC=O.COC=O.COC=O.COC=O.COC=O.Cc1cc(O)cc(=O)o1.Cc1cc2c(c(=O)o1)C=C1CCCC(C)[C@@]1(C)O2.Cc1cccnc1. The lowest BCUT2D eigenvalue weighted by Gasteiger charge is -2.44. The molecule has 3 aromatic heterocycles. The number of nitrogens with one attached hydrogen (secondary N) is 1. The van der Waals surface area contributed by atoms with Crippen LogP contribution in [0.15, 0.2) is 77.9 Å². The first-order valence-electron chi connectivity index (χ1n) is 36.0. The molecule has 6 aliphatic rings. The molecular formula is C80H146N2O27. The van der Waals surface area contributed by atoms with Crippen molar-refractivity contribution in [2.75, 3.05) is 113 Å². The summed E-state index contributed by atoms with van der Waals surface area (Å²) in [6.07, 6.45) is 24.6. The summed E-state index contributed by atoms with van der Waals surface area (Å²) in [4.78, 5) is 90.3. The molecule has 9 rings (SSSR count). The molecule has 4 fully saturated rings. The number of hydrogen-bond donors (Lipinski definition) is 6. The first-order chi connectivity index (χ1) is 52.3. The van der Waals surface area contributed by atoms with Gasteiger partial charge in [0.2, 0.25) is 0 Å². The second kappa shape index (κ2) is 90.9. The molecule has 4 aliphatic carbocycles. The first kappa shape index (κ1) is 122. The van der Waals surface area contributed by atoms with Crippen LogP contribution in [0.25, 0.3) is 6.08 Å². The van der Waals surface area contributed by atoms with Gasteiger partial charge in [-0.1, -0.05) is 74.0 Å². The van der Waals surface area contributed by atoms with E-state index in [1.165, 1.54) is 130 Å². The summed E-state index contributed by atoms with van der Waals surface area (Å²) in [5.74, 6) is 5.26. The smallest absolute Gasteiger partial charge is 0.346 e. The maximum absolute atomic E-state index is 11.9. The average molecular weight is 1570 g/mol. The van der Waals surface area contributed by atoms with Crippen molar-refractivity contribution in [3.8, 4) is 11.5 Å². The van der Waals surface area contributed by atoms with Crippen LogP contribution in [0.5, 0.6) is 11.5 Å². The second-order valence-electron chi connectivity index (χ2n) is 23.4. The summed E-state index contributed by atoms with van der Waals surface area (Å²) in [6, 6.07) is 8.16. The number of aromatic hydroxyl groups is 1. The highest BCUT2D eigenvalue weighted by Gasteiger charge is 2.43. The van der Waals surface area contributed by atoms with E-state index in [9.17, 15) is 14.4 Å². The Morgan fingerprint density at radius 1 is 0.523 bits per heavy atom. The van der Waals surface area contributed by atoms with Gasteiger partial charge in [-0.05, 0) is 196 Å². The number of fused-ring (bicyclic) bond motifs is 2. The van der Waals surface area contributed by atoms with Crippen molar-refractivity contribution in [1.82, 2.24) is 10.3 Å². The lowest BCUT2D eigenvalue weighted by atomic mass is 9.72. The monoisotopic (exact) mass is 1570 g/mol. The number of aliphatic hydroxyl groups excluding tert-OH is 4. The predicted octanol–water partition coefficient (Wildman–Crippen LogP) is 11.6. The fourth-order valence-corrected chi connectivity index (χ4v) is 10.2. The molecule has 3 aromatic rings. The van der Waals surface area contributed by atoms with E-state index in [0.717, 1.165) is 103 Å². The standard InChI is InChI=1S/C15H18O3.2C9H18O2.C9H14O.C6H13N.C6H7N.C6H6O3.6C2H4O2.2C2H6.4CH4O/c1-9-5-4-6-11-8-12-13(18-15(9,11)3)7-10(2)17-14(12)16;2*1-7-4-5-8(10-2)9(6-7)11-3;1-7-4-3-5-9(6-10)8(7)2;2*1-6-3-2-4-7-5-6;1-4-2-5(7)3-6(8)9-4;6*1-4-2-3;6*1-2/h7-9H,4-6H2,1-3H3;2*7-9H,4-6H2,1-3H3;6-7H,3-5H2,1-2H3;6-7H,2-5H2,1H3;2-5H,1H3;2-3,7H,1H3;6*2H,1H3;2*1-2H3;4*2H,1H3/t9?,15-;;;;;;;;;;;;;;;;;;/m1................../s1. The predicted molar refractivity (Wildman–Crippen MR) is 426 cm³/mol. The van der Waals surface area contributed by atoms with Crippen LogP contribution in [-0.4, -0.2) is 218 Å². The number of allylic oxidation sites excluding steroid dienone is 2. The van der Waals surface area contributed by atoms with Crippen LogP contribution >= 0.6 is 0 Å². The minimum Gasteiger partial charge on any atom is -0.508 e. The van der Waals surface area contributed by atoms with E-state index in [2.05, 4.69) is 91.6 Å². The van der Waals surface area contributed by atoms with Gasteiger partial charge in [0.25, 0.3) is 38.8 Å². The Kier molecular flexibility index (Phi) is 102. The van der Waals surface area contributed by atoms with E-state index in [4.69, 9.17) is 82.4 Å². The van der Waals surface area contributed by atoms with E-state index in [0.29, 0.717) is 97.9 Å². The Hall–Kier alpha value is -7.74. The number of carbonyl (C=O) groups excluding carboxylic acids is 7. The van der Waals surface area contributed by atoms with Crippen molar-refractivity contribution in [3.05, 3.63) is 103 Å². The number of aliphatic hydroxyl groups is 4. The largest absolute Gasteiger partial charge is 0.508 e. The second-order valence-corrected chi connectivity index (χ2v) is 23.4. The van der Waals surface area contributed by atoms with E-state index in [-0.39, 0.29) is 17.0 Å². The number of nitrogens with zero attached hydrogens (tertiary/aromatic N) is 1. The van der Waals surface area contributed by atoms with Crippen molar-refractivity contribution in [3.63, 3.8) is 0 Å². The molecule has 9 unspecified atom stereocenters. The highest BCUT2D eigenvalue weighted by Crippen LogP contribution is 2.45. The van der Waals surface area contributed by atoms with Crippen LogP contribution in [0, 0.1) is 50.4 Å². The lowest BCUT2D eigenvalue weighted by molar-refractivity contribution is -0.126. The molecule has 109 heavy (non-hydrogen) atoms. The van der Waals surface area contributed by atoms with E-state index < -0.39 is 5.63 Å². The van der Waals surface area contributed by atoms with Gasteiger partial charge >= 0.3 is 11.3 Å². The third-order valence-electron chi connectivity index (χ3n) is 15.9. The topological polar surface area (TPSA) is 408 Å². The molecule has 0 spiro atoms. The minimum absolute atomic E-state index is 0.0521. The summed E-state index contributed by atoms with van der Waals surface area (Å²) < 4.78 is 60.3. The molecule has 29 heteroatoms. The number of piperidine rings is 1. The Morgan fingerprint density at radius 2 is 0.936 bits per heavy atom. The summed E-state index contributed by atoms with van der Waals surface area (Å²) in [6.45, 7) is 33.6. The number of aldehydes is 1. The number of rotatable bonds is 11. The number of hydrogen-bond acceptors (Lipinski definition) is 29. The van der Waals surface area contributed by atoms with Crippen LogP contribution < -0.4 is 21.3 Å². The van der Waals surface area contributed by atoms with Gasteiger partial charge in [-0.25, -0.2) is 9.59 Å². The molecule has 2 aliphatic heterocycles. The maximum atomic E-state index is 11.9. The van der Waals surface area contributed by atoms with Crippen molar-refractivity contribution < 1.29 is 120 Å². The zero-order valence-electron chi connectivity index (χ0n) is 71.3. The molecule has 638 valence electrons. The van der Waals surface area contributed by atoms with Crippen LogP contribution in [-0.2, 0) is 80.9 Å². The van der Waals surface area contributed by atoms with E-state index in [1.807, 2.05) is 65.1 Å². The average Bonchev–Trinajstić information content (AvgIpc) is 0.752. The molecule has 5 heterocycles. The Bertz CT molecular complexity index is 2570. The van der Waals surface area contributed by atoms with Crippen molar-refractivity contribution >= 4 is 51.2 Å². The van der Waals surface area contributed by atoms with Crippen molar-refractivity contribution in [2.24, 2.45) is 29.6 Å². The summed E-state index contributed by atoms with van der Waals surface area (Å²) >= 11 is 0. The molecule has 3 saturated carbocycles. The van der Waals surface area contributed by atoms with Crippen LogP contribution in [0.1, 0.15) is 189 Å². The molecule has 10 atom stereocenters. The number of methoxy groups -OCH3 is 10. The summed E-state index contributed by atoms with van der Waals surface area (Å²) in [7, 11) is 19.0. The quantitative estimate of drug-likeness (QED) is 0.0767. The molecule has 6 N–H and O–H groups in total. The highest BCUT2D eigenvalue weighted by atomic mass is 16.5. The molecule has 29 nitrogen and oxygen atoms in total. The van der Waals surface area contributed by atoms with E-state index >= 15 is 0 Å². The number of aromatic nitrogens is 1. The van der Waals surface area contributed by atoms with Gasteiger partial charge in [0.05, 0.1) is 73.1 Å². The number of pyridine rings is 1. The van der Waals surface area contributed by atoms with Gasteiger partial charge in [-0.3, -0.25) is 38.5 Å².